The molecule has 0 bridgehead atoms. The van der Waals surface area contributed by atoms with Crippen molar-refractivity contribution in [2.45, 2.75) is 19.3 Å². The summed E-state index contributed by atoms with van der Waals surface area (Å²) in [5.74, 6) is -0.307. The summed E-state index contributed by atoms with van der Waals surface area (Å²) >= 11 is 1.38. The predicted molar refractivity (Wildman–Crippen MR) is 83.7 cm³/mol. The molecule has 0 aliphatic heterocycles. The maximum absolute atomic E-state index is 11.7. The fourth-order valence-electron chi connectivity index (χ4n) is 2.04. The second-order valence-corrected chi connectivity index (χ2v) is 7.65. The molecular formula is C14H18NO4PS. The lowest BCUT2D eigenvalue weighted by molar-refractivity contribution is 0.347. The van der Waals surface area contributed by atoms with Gasteiger partial charge < -0.3 is 14.5 Å². The van der Waals surface area contributed by atoms with Crippen molar-refractivity contribution in [3.8, 4) is 5.75 Å². The van der Waals surface area contributed by atoms with E-state index in [4.69, 9.17) is 4.74 Å². The summed E-state index contributed by atoms with van der Waals surface area (Å²) in [6, 6.07) is 11.0. The van der Waals surface area contributed by atoms with Gasteiger partial charge in [0.25, 0.3) is 0 Å². The van der Waals surface area contributed by atoms with Gasteiger partial charge in [-0.05, 0) is 25.1 Å². The van der Waals surface area contributed by atoms with Crippen LogP contribution in [0.5, 0.6) is 5.75 Å². The normalized spacial score (nSPS) is 13.1. The molecule has 2 rings (SSSR count). The fraction of sp³-hybridized carbons (Fsp3) is 0.286. The number of methoxy groups -OCH3 is 1. The van der Waals surface area contributed by atoms with Crippen LogP contribution in [0.1, 0.15) is 21.1 Å². The molecule has 3 N–H and O–H groups in total. The van der Waals surface area contributed by atoms with Crippen molar-refractivity contribution >= 4 is 18.9 Å². The van der Waals surface area contributed by atoms with Crippen LogP contribution >= 0.6 is 18.9 Å². The van der Waals surface area contributed by atoms with Crippen LogP contribution in [0.25, 0.3) is 0 Å². The number of nitrogens with one attached hydrogen (secondary N) is 1. The van der Waals surface area contributed by atoms with Crippen LogP contribution in [0.15, 0.2) is 36.4 Å². The van der Waals surface area contributed by atoms with Crippen molar-refractivity contribution in [2.24, 2.45) is 0 Å². The first-order chi connectivity index (χ1) is 9.91. The van der Waals surface area contributed by atoms with E-state index in [1.165, 1.54) is 11.3 Å². The highest BCUT2D eigenvalue weighted by Gasteiger charge is 2.31. The first kappa shape index (κ1) is 16.2. The van der Waals surface area contributed by atoms with E-state index < -0.39 is 13.4 Å². The highest BCUT2D eigenvalue weighted by molar-refractivity contribution is 7.52. The first-order valence-electron chi connectivity index (χ1n) is 6.38. The van der Waals surface area contributed by atoms with Crippen molar-refractivity contribution in [3.63, 3.8) is 0 Å². The number of hydrogen-bond donors (Lipinski definition) is 3. The summed E-state index contributed by atoms with van der Waals surface area (Å²) in [6.45, 7) is 2.22. The molecule has 5 nitrogen and oxygen atoms in total. The van der Waals surface area contributed by atoms with Gasteiger partial charge in [-0.25, -0.2) is 0 Å². The van der Waals surface area contributed by atoms with E-state index in [1.807, 2.05) is 37.3 Å². The van der Waals surface area contributed by atoms with E-state index in [-0.39, 0.29) is 0 Å². The zero-order chi connectivity index (χ0) is 15.5. The molecule has 0 saturated heterocycles. The van der Waals surface area contributed by atoms with Gasteiger partial charge >= 0.3 is 7.60 Å². The Morgan fingerprint density at radius 2 is 2.00 bits per heavy atom. The lowest BCUT2D eigenvalue weighted by atomic mass is 10.2. The Labute approximate surface area is 127 Å². The average molecular weight is 327 g/mol. The molecule has 0 radical (unpaired) electrons. The van der Waals surface area contributed by atoms with Gasteiger partial charge in [-0.3, -0.25) is 9.88 Å². The van der Waals surface area contributed by atoms with Gasteiger partial charge in [0.2, 0.25) is 0 Å². The van der Waals surface area contributed by atoms with Crippen molar-refractivity contribution < 1.29 is 19.1 Å². The average Bonchev–Trinajstić information content (AvgIpc) is 2.84. The minimum absolute atomic E-state index is 0.316. The quantitative estimate of drug-likeness (QED) is 0.711. The molecule has 0 spiro atoms. The number of rotatable bonds is 6. The molecule has 0 aliphatic rings. The van der Waals surface area contributed by atoms with Crippen LogP contribution < -0.4 is 10.1 Å². The monoisotopic (exact) mass is 327 g/mol. The Balaban J connectivity index is 2.19. The highest BCUT2D eigenvalue weighted by Crippen LogP contribution is 2.51. The van der Waals surface area contributed by atoms with Crippen LogP contribution in [0.2, 0.25) is 0 Å². The summed E-state index contributed by atoms with van der Waals surface area (Å²) in [6.07, 6.45) is 0. The predicted octanol–water partition coefficient (Wildman–Crippen LogP) is 3.03. The van der Waals surface area contributed by atoms with Gasteiger partial charge in [-0.1, -0.05) is 18.2 Å². The third kappa shape index (κ3) is 4.15. The minimum atomic E-state index is -4.29. The van der Waals surface area contributed by atoms with Gasteiger partial charge in [-0.15, -0.1) is 11.3 Å². The van der Waals surface area contributed by atoms with Crippen molar-refractivity contribution in [3.05, 3.63) is 51.7 Å². The Kier molecular flexibility index (Phi) is 5.19. The lowest BCUT2D eigenvalue weighted by Crippen LogP contribution is -2.20. The summed E-state index contributed by atoms with van der Waals surface area (Å²) in [4.78, 5) is 20.8. The van der Waals surface area contributed by atoms with Gasteiger partial charge in [0.1, 0.15) is 11.5 Å². The zero-order valence-corrected chi connectivity index (χ0v) is 13.5. The number of aryl methyl sites for hydroxylation is 1. The third-order valence-corrected chi connectivity index (χ3v) is 5.42. The second-order valence-electron chi connectivity index (χ2n) is 4.63. The minimum Gasteiger partial charge on any atom is -0.496 e. The summed E-state index contributed by atoms with van der Waals surface area (Å²) in [7, 11) is -2.72. The SMILES string of the molecule is COc1ccccc1CN[C@H](c1ccc(C)s1)P(=O)(O)O. The maximum Gasteiger partial charge on any atom is 0.347 e. The largest absolute Gasteiger partial charge is 0.496 e. The summed E-state index contributed by atoms with van der Waals surface area (Å²) in [5, 5.41) is 2.95. The number of benzene rings is 1. The Hall–Kier alpha value is -1.17. The maximum atomic E-state index is 11.7. The molecule has 114 valence electrons. The van der Waals surface area contributed by atoms with Gasteiger partial charge in [-0.2, -0.15) is 0 Å². The van der Waals surface area contributed by atoms with Crippen LogP contribution in [-0.4, -0.2) is 16.9 Å². The van der Waals surface area contributed by atoms with E-state index in [2.05, 4.69) is 5.32 Å². The molecule has 1 atom stereocenters. The van der Waals surface area contributed by atoms with E-state index in [9.17, 15) is 14.4 Å². The third-order valence-electron chi connectivity index (χ3n) is 3.05. The van der Waals surface area contributed by atoms with Gasteiger partial charge in [0, 0.05) is 21.9 Å². The Morgan fingerprint density at radius 1 is 1.29 bits per heavy atom. The standard InChI is InChI=1S/C14H18NO4PS/c1-10-7-8-13(21-10)14(20(16,17)18)15-9-11-5-3-4-6-12(11)19-2/h3-8,14-15H,9H2,1-2H3,(H2,16,17,18)/t14-/m0/s1. The van der Waals surface area contributed by atoms with Gasteiger partial charge in [0.15, 0.2) is 0 Å². The molecule has 2 aromatic rings. The van der Waals surface area contributed by atoms with Crippen LogP contribution in [0.4, 0.5) is 0 Å². The van der Waals surface area contributed by atoms with Crippen LogP contribution in [0, 0.1) is 6.92 Å². The smallest absolute Gasteiger partial charge is 0.347 e. The van der Waals surface area contributed by atoms with E-state index in [0.717, 1.165) is 10.4 Å². The number of ether oxygens (including phenoxy) is 1. The summed E-state index contributed by atoms with van der Waals surface area (Å²) < 4.78 is 17.0. The van der Waals surface area contributed by atoms with E-state index >= 15 is 0 Å². The molecule has 0 fully saturated rings. The fourth-order valence-corrected chi connectivity index (χ4v) is 4.20. The molecular weight excluding hydrogens is 309 g/mol. The van der Waals surface area contributed by atoms with Crippen molar-refractivity contribution in [1.29, 1.82) is 0 Å². The van der Waals surface area contributed by atoms with Crippen molar-refractivity contribution in [1.82, 2.24) is 5.32 Å². The Bertz CT molecular complexity index is 652. The van der Waals surface area contributed by atoms with Gasteiger partial charge in [0.05, 0.1) is 7.11 Å². The second kappa shape index (κ2) is 6.73. The number of thiophene rings is 1. The molecule has 0 amide bonds. The molecule has 0 saturated carbocycles. The van der Waals surface area contributed by atoms with Crippen molar-refractivity contribution in [2.75, 3.05) is 7.11 Å². The van der Waals surface area contributed by atoms with Crippen LogP contribution in [-0.2, 0) is 11.1 Å². The van der Waals surface area contributed by atoms with E-state index in [0.29, 0.717) is 17.2 Å². The number of hydrogen-bond acceptors (Lipinski definition) is 4. The zero-order valence-electron chi connectivity index (χ0n) is 11.8. The topological polar surface area (TPSA) is 78.8 Å². The first-order valence-corrected chi connectivity index (χ1v) is 8.88. The molecule has 1 aromatic heterocycles. The lowest BCUT2D eigenvalue weighted by Gasteiger charge is -2.19. The molecule has 7 heteroatoms. The summed E-state index contributed by atoms with van der Waals surface area (Å²) in [5.41, 5.74) is 0.853. The number of para-hydroxylation sites is 1. The Morgan fingerprint density at radius 3 is 2.57 bits per heavy atom. The molecule has 21 heavy (non-hydrogen) atoms. The van der Waals surface area contributed by atoms with E-state index in [1.54, 1.807) is 13.2 Å². The molecule has 1 heterocycles. The molecule has 0 aliphatic carbocycles. The highest BCUT2D eigenvalue weighted by atomic mass is 32.1. The molecule has 0 unspecified atom stereocenters. The molecule has 1 aromatic carbocycles. The van der Waals surface area contributed by atoms with Crippen LogP contribution in [0.3, 0.4) is 0 Å².